The molecule has 26 heavy (non-hydrogen) atoms. The van der Waals surface area contributed by atoms with Gasteiger partial charge in [0.05, 0.1) is 13.2 Å². The first kappa shape index (κ1) is 17.1. The summed E-state index contributed by atoms with van der Waals surface area (Å²) in [5.41, 5.74) is 1.64. The van der Waals surface area contributed by atoms with Crippen molar-refractivity contribution < 1.29 is 18.7 Å². The second kappa shape index (κ2) is 6.43. The number of aryl methyl sites for hydroxylation is 1. The fourth-order valence-corrected chi connectivity index (χ4v) is 3.88. The van der Waals surface area contributed by atoms with Crippen LogP contribution >= 0.6 is 0 Å². The number of carbonyl (C=O) groups excluding carboxylic acids is 1. The molecule has 6 nitrogen and oxygen atoms in total. The van der Waals surface area contributed by atoms with E-state index in [4.69, 9.17) is 13.9 Å². The summed E-state index contributed by atoms with van der Waals surface area (Å²) in [5.74, 6) is 1.41. The van der Waals surface area contributed by atoms with E-state index >= 15 is 0 Å². The molecule has 2 aromatic rings. The fourth-order valence-electron chi connectivity index (χ4n) is 3.88. The number of benzene rings is 1. The molecule has 2 aliphatic heterocycles. The Hall–Kier alpha value is -2.34. The normalized spacial score (nSPS) is 23.3. The lowest BCUT2D eigenvalue weighted by Gasteiger charge is -2.22. The number of nitrogens with zero attached hydrogens (tertiary/aromatic N) is 1. The summed E-state index contributed by atoms with van der Waals surface area (Å²) in [4.78, 5) is 26.4. The fraction of sp³-hybridized carbons (Fsp3) is 0.500. The second-order valence-corrected chi connectivity index (χ2v) is 7.36. The van der Waals surface area contributed by atoms with Gasteiger partial charge >= 0.3 is 5.63 Å². The van der Waals surface area contributed by atoms with E-state index < -0.39 is 6.10 Å². The zero-order chi connectivity index (χ0) is 18.4. The Balaban J connectivity index is 1.50. The molecular weight excluding hydrogens is 334 g/mol. The molecule has 138 valence electrons. The molecule has 1 aromatic heterocycles. The van der Waals surface area contributed by atoms with Crippen LogP contribution in [0.25, 0.3) is 11.0 Å². The molecule has 2 saturated heterocycles. The number of hydrogen-bond donors (Lipinski definition) is 0. The number of rotatable bonds is 3. The molecule has 6 heteroatoms. The Morgan fingerprint density at radius 2 is 1.88 bits per heavy atom. The van der Waals surface area contributed by atoms with Crippen molar-refractivity contribution in [2.45, 2.75) is 26.9 Å². The van der Waals surface area contributed by atoms with E-state index in [1.165, 1.54) is 0 Å². The van der Waals surface area contributed by atoms with E-state index in [1.807, 2.05) is 24.0 Å². The maximum atomic E-state index is 12.7. The van der Waals surface area contributed by atoms with Gasteiger partial charge in [-0.2, -0.15) is 0 Å². The SMILES string of the molecule is Cc1c(C)c2ccc(OC(C)C(=O)N3C[C@H]4COC[C@H]4C3)cc2oc1=O. The number of carbonyl (C=O) groups is 1. The van der Waals surface area contributed by atoms with Crippen molar-refractivity contribution in [1.29, 1.82) is 0 Å². The lowest BCUT2D eigenvalue weighted by molar-refractivity contribution is -0.137. The minimum absolute atomic E-state index is 0.0129. The topological polar surface area (TPSA) is 69.0 Å². The van der Waals surface area contributed by atoms with Gasteiger partial charge < -0.3 is 18.8 Å². The van der Waals surface area contributed by atoms with E-state index in [0.29, 0.717) is 28.7 Å². The summed E-state index contributed by atoms with van der Waals surface area (Å²) < 4.78 is 16.7. The number of hydrogen-bond acceptors (Lipinski definition) is 5. The highest BCUT2D eigenvalue weighted by Crippen LogP contribution is 2.30. The molecule has 0 radical (unpaired) electrons. The number of amides is 1. The monoisotopic (exact) mass is 357 g/mol. The highest BCUT2D eigenvalue weighted by Gasteiger charge is 2.40. The first-order valence-electron chi connectivity index (χ1n) is 9.01. The van der Waals surface area contributed by atoms with E-state index in [2.05, 4.69) is 0 Å². The molecule has 0 N–H and O–H groups in total. The molecule has 3 atom stereocenters. The van der Waals surface area contributed by atoms with E-state index in [1.54, 1.807) is 19.9 Å². The summed E-state index contributed by atoms with van der Waals surface area (Å²) in [7, 11) is 0. The van der Waals surface area contributed by atoms with Gasteiger partial charge in [-0.05, 0) is 38.5 Å². The van der Waals surface area contributed by atoms with Crippen LogP contribution in [0.15, 0.2) is 27.4 Å². The Bertz CT molecular complexity index is 906. The average molecular weight is 357 g/mol. The number of ether oxygens (including phenoxy) is 2. The number of likely N-dealkylation sites (tertiary alicyclic amines) is 1. The zero-order valence-corrected chi connectivity index (χ0v) is 15.3. The van der Waals surface area contributed by atoms with Gasteiger partial charge in [0.1, 0.15) is 11.3 Å². The molecule has 1 unspecified atom stereocenters. The highest BCUT2D eigenvalue weighted by molar-refractivity contribution is 5.83. The van der Waals surface area contributed by atoms with Crippen LogP contribution in [0.2, 0.25) is 0 Å². The third-order valence-electron chi connectivity index (χ3n) is 5.64. The smallest absolute Gasteiger partial charge is 0.339 e. The predicted octanol–water partition coefficient (Wildman–Crippen LogP) is 2.28. The summed E-state index contributed by atoms with van der Waals surface area (Å²) in [6.45, 7) is 8.37. The standard InChI is InChI=1S/C20H23NO5/c1-11-12(2)20(23)26-18-6-16(4-5-17(11)18)25-13(3)19(22)21-7-14-9-24-10-15(14)8-21/h4-6,13-15H,7-10H2,1-3H3/t13?,14-,15+. The first-order chi connectivity index (χ1) is 12.4. The lowest BCUT2D eigenvalue weighted by atomic mass is 10.0. The van der Waals surface area contributed by atoms with Gasteiger partial charge in [0.2, 0.25) is 0 Å². The van der Waals surface area contributed by atoms with Gasteiger partial charge in [0, 0.05) is 41.9 Å². The van der Waals surface area contributed by atoms with Crippen molar-refractivity contribution in [2.75, 3.05) is 26.3 Å². The van der Waals surface area contributed by atoms with Crippen LogP contribution in [0.1, 0.15) is 18.1 Å². The van der Waals surface area contributed by atoms with Crippen molar-refractivity contribution in [2.24, 2.45) is 11.8 Å². The molecule has 1 amide bonds. The van der Waals surface area contributed by atoms with Crippen molar-refractivity contribution in [3.8, 4) is 5.75 Å². The molecule has 1 aromatic carbocycles. The third-order valence-corrected chi connectivity index (χ3v) is 5.64. The Kier molecular flexibility index (Phi) is 4.23. The first-order valence-corrected chi connectivity index (χ1v) is 9.01. The molecule has 2 fully saturated rings. The largest absolute Gasteiger partial charge is 0.481 e. The van der Waals surface area contributed by atoms with Crippen LogP contribution in [0, 0.1) is 25.7 Å². The molecule has 4 rings (SSSR count). The summed E-state index contributed by atoms with van der Waals surface area (Å²) >= 11 is 0. The Labute approximate surface area is 151 Å². The summed E-state index contributed by atoms with van der Waals surface area (Å²) in [5, 5.41) is 0.876. The molecule has 3 heterocycles. The lowest BCUT2D eigenvalue weighted by Crippen LogP contribution is -2.39. The van der Waals surface area contributed by atoms with Gasteiger partial charge in [-0.3, -0.25) is 4.79 Å². The van der Waals surface area contributed by atoms with E-state index in [-0.39, 0.29) is 11.5 Å². The van der Waals surface area contributed by atoms with Gasteiger partial charge in [-0.25, -0.2) is 4.79 Å². The summed E-state index contributed by atoms with van der Waals surface area (Å²) in [6.07, 6.45) is -0.592. The van der Waals surface area contributed by atoms with Gasteiger partial charge in [0.15, 0.2) is 6.10 Å². The van der Waals surface area contributed by atoms with Crippen LogP contribution in [-0.4, -0.2) is 43.2 Å². The van der Waals surface area contributed by atoms with E-state index in [0.717, 1.165) is 37.3 Å². The van der Waals surface area contributed by atoms with Crippen LogP contribution in [0.4, 0.5) is 0 Å². The molecular formula is C20H23NO5. The number of fused-ring (bicyclic) bond motifs is 2. The van der Waals surface area contributed by atoms with Gasteiger partial charge in [0.25, 0.3) is 5.91 Å². The van der Waals surface area contributed by atoms with Crippen molar-refractivity contribution in [1.82, 2.24) is 4.90 Å². The molecule has 0 spiro atoms. The zero-order valence-electron chi connectivity index (χ0n) is 15.3. The van der Waals surface area contributed by atoms with Crippen molar-refractivity contribution in [3.63, 3.8) is 0 Å². The molecule has 0 aliphatic carbocycles. The van der Waals surface area contributed by atoms with Crippen molar-refractivity contribution >= 4 is 16.9 Å². The van der Waals surface area contributed by atoms with Crippen molar-refractivity contribution in [3.05, 3.63) is 39.7 Å². The predicted molar refractivity (Wildman–Crippen MR) is 96.4 cm³/mol. The molecule has 0 bridgehead atoms. The Morgan fingerprint density at radius 1 is 1.19 bits per heavy atom. The van der Waals surface area contributed by atoms with Gasteiger partial charge in [-0.15, -0.1) is 0 Å². The quantitative estimate of drug-likeness (QED) is 0.789. The van der Waals surface area contributed by atoms with Crippen LogP contribution in [-0.2, 0) is 9.53 Å². The second-order valence-electron chi connectivity index (χ2n) is 7.36. The maximum absolute atomic E-state index is 12.7. The minimum Gasteiger partial charge on any atom is -0.481 e. The molecule has 2 aliphatic rings. The Morgan fingerprint density at radius 3 is 2.58 bits per heavy atom. The van der Waals surface area contributed by atoms with Crippen LogP contribution in [0.5, 0.6) is 5.75 Å². The third kappa shape index (κ3) is 2.88. The van der Waals surface area contributed by atoms with E-state index in [9.17, 15) is 9.59 Å². The van der Waals surface area contributed by atoms with Gasteiger partial charge in [-0.1, -0.05) is 0 Å². The minimum atomic E-state index is -0.592. The van der Waals surface area contributed by atoms with Crippen LogP contribution < -0.4 is 10.4 Å². The average Bonchev–Trinajstić information content (AvgIpc) is 3.21. The summed E-state index contributed by atoms with van der Waals surface area (Å²) in [6, 6.07) is 5.36. The maximum Gasteiger partial charge on any atom is 0.339 e. The molecule has 0 saturated carbocycles. The highest BCUT2D eigenvalue weighted by atomic mass is 16.5. The van der Waals surface area contributed by atoms with Crippen LogP contribution in [0.3, 0.4) is 0 Å².